The maximum Gasteiger partial charge on any atom is 0.494 e. The van der Waals surface area contributed by atoms with Crippen molar-refractivity contribution in [3.63, 3.8) is 0 Å². The van der Waals surface area contributed by atoms with Gasteiger partial charge in [-0.05, 0) is 88.6 Å². The Hall–Kier alpha value is -2.89. The van der Waals surface area contributed by atoms with Crippen molar-refractivity contribution in [2.45, 2.75) is 77.8 Å². The average molecular weight is 534 g/mol. The van der Waals surface area contributed by atoms with Crippen molar-refractivity contribution in [3.8, 4) is 0 Å². The highest BCUT2D eigenvalue weighted by atomic mass is 16.7. The lowest BCUT2D eigenvalue weighted by Gasteiger charge is -2.32. The molecule has 2 saturated heterocycles. The summed E-state index contributed by atoms with van der Waals surface area (Å²) in [5.41, 5.74) is 5.30. The Morgan fingerprint density at radius 3 is 0.800 bits per heavy atom. The van der Waals surface area contributed by atoms with Crippen LogP contribution in [-0.2, 0) is 18.6 Å². The Balaban J connectivity index is 1.16. The molecule has 0 radical (unpaired) electrons. The molecule has 206 valence electrons. The molecule has 3 aromatic rings. The molecule has 2 aliphatic heterocycles. The van der Waals surface area contributed by atoms with Gasteiger partial charge < -0.3 is 18.6 Å². The maximum atomic E-state index is 6.16. The van der Waals surface area contributed by atoms with E-state index in [4.69, 9.17) is 18.6 Å². The Morgan fingerprint density at radius 2 is 0.575 bits per heavy atom. The van der Waals surface area contributed by atoms with E-state index >= 15 is 0 Å². The van der Waals surface area contributed by atoms with Crippen LogP contribution in [0.2, 0.25) is 0 Å². The van der Waals surface area contributed by atoms with Crippen molar-refractivity contribution >= 4 is 49.5 Å². The van der Waals surface area contributed by atoms with Crippen LogP contribution in [0, 0.1) is 0 Å². The van der Waals surface area contributed by atoms with Gasteiger partial charge in [0.05, 0.1) is 22.4 Å². The zero-order valence-corrected chi connectivity index (χ0v) is 25.0. The van der Waals surface area contributed by atoms with Crippen molar-refractivity contribution in [1.82, 2.24) is 0 Å². The summed E-state index contributed by atoms with van der Waals surface area (Å²) in [5.74, 6) is 0. The van der Waals surface area contributed by atoms with Crippen molar-refractivity contribution in [3.05, 3.63) is 95.1 Å². The van der Waals surface area contributed by atoms with Gasteiger partial charge in [-0.3, -0.25) is 0 Å². The molecule has 0 N–H and O–H groups in total. The molecular formula is C34H40B2O4. The Labute approximate surface area is 240 Å². The minimum absolute atomic E-state index is 0.336. The molecular weight excluding hydrogens is 494 g/mol. The van der Waals surface area contributed by atoms with E-state index < -0.39 is 0 Å². The van der Waals surface area contributed by atoms with Crippen molar-refractivity contribution in [2.24, 2.45) is 0 Å². The lowest BCUT2D eigenvalue weighted by molar-refractivity contribution is 0.00578. The standard InChI is InChI=1S/C34H40B2O4/c1-31(2)32(3,4)38-35(37-31)29-21-17-27(18-22-29)15-13-25-9-11-26(12-10-25)14-16-28-19-23-30(24-20-28)36-39-33(5,6)34(7,8)40-36/h9-24H,1-8H3/b15-13+,16-14+. The Kier molecular flexibility index (Phi) is 7.52. The highest BCUT2D eigenvalue weighted by Gasteiger charge is 2.52. The van der Waals surface area contributed by atoms with Gasteiger partial charge in [-0.25, -0.2) is 0 Å². The number of hydrogen-bond acceptors (Lipinski definition) is 4. The molecule has 5 rings (SSSR count). The third-order valence-electron chi connectivity index (χ3n) is 8.80. The maximum absolute atomic E-state index is 6.16. The van der Waals surface area contributed by atoms with Gasteiger partial charge in [-0.15, -0.1) is 0 Å². The summed E-state index contributed by atoms with van der Waals surface area (Å²) in [7, 11) is -0.673. The molecule has 3 aromatic carbocycles. The third-order valence-corrected chi connectivity index (χ3v) is 8.80. The highest BCUT2D eigenvalue weighted by molar-refractivity contribution is 6.62. The van der Waals surface area contributed by atoms with Crippen LogP contribution in [0.1, 0.15) is 77.6 Å². The predicted molar refractivity (Wildman–Crippen MR) is 169 cm³/mol. The van der Waals surface area contributed by atoms with Crippen LogP contribution in [0.25, 0.3) is 24.3 Å². The predicted octanol–water partition coefficient (Wildman–Crippen LogP) is 6.63. The first-order valence-electron chi connectivity index (χ1n) is 14.1. The average Bonchev–Trinajstić information content (AvgIpc) is 3.27. The van der Waals surface area contributed by atoms with Crippen LogP contribution in [0.15, 0.2) is 72.8 Å². The zero-order valence-electron chi connectivity index (χ0n) is 25.0. The fraction of sp³-hybridized carbons (Fsp3) is 0.353. The van der Waals surface area contributed by atoms with Crippen LogP contribution >= 0.6 is 0 Å². The molecule has 0 unspecified atom stereocenters. The van der Waals surface area contributed by atoms with Gasteiger partial charge in [-0.2, -0.15) is 0 Å². The first-order valence-corrected chi connectivity index (χ1v) is 14.1. The Morgan fingerprint density at radius 1 is 0.375 bits per heavy atom. The molecule has 0 atom stereocenters. The van der Waals surface area contributed by atoms with Gasteiger partial charge in [0.15, 0.2) is 0 Å². The number of benzene rings is 3. The van der Waals surface area contributed by atoms with E-state index in [1.54, 1.807) is 0 Å². The quantitative estimate of drug-likeness (QED) is 0.263. The zero-order chi connectivity index (χ0) is 28.8. The summed E-state index contributed by atoms with van der Waals surface area (Å²) in [5, 5.41) is 0. The summed E-state index contributed by atoms with van der Waals surface area (Å²) < 4.78 is 24.6. The first kappa shape index (κ1) is 28.6. The van der Waals surface area contributed by atoms with E-state index in [1.807, 2.05) is 0 Å². The van der Waals surface area contributed by atoms with Crippen molar-refractivity contribution < 1.29 is 18.6 Å². The molecule has 0 amide bonds. The second-order valence-electron chi connectivity index (χ2n) is 12.8. The van der Waals surface area contributed by atoms with E-state index in [-0.39, 0.29) is 36.6 Å². The van der Waals surface area contributed by atoms with Crippen LogP contribution in [0.5, 0.6) is 0 Å². The first-order chi connectivity index (χ1) is 18.7. The molecule has 0 saturated carbocycles. The van der Waals surface area contributed by atoms with Gasteiger partial charge in [-0.1, -0.05) is 97.1 Å². The Bertz CT molecular complexity index is 1240. The normalized spacial score (nSPS) is 21.1. The van der Waals surface area contributed by atoms with Crippen molar-refractivity contribution in [2.75, 3.05) is 0 Å². The number of rotatable bonds is 6. The topological polar surface area (TPSA) is 36.9 Å². The molecule has 0 bridgehead atoms. The fourth-order valence-corrected chi connectivity index (χ4v) is 4.59. The van der Waals surface area contributed by atoms with Gasteiger partial charge in [0.25, 0.3) is 0 Å². The summed E-state index contributed by atoms with van der Waals surface area (Å²) >= 11 is 0. The van der Waals surface area contributed by atoms with E-state index in [0.29, 0.717) is 0 Å². The molecule has 0 aliphatic carbocycles. The van der Waals surface area contributed by atoms with Gasteiger partial charge in [0, 0.05) is 0 Å². The van der Waals surface area contributed by atoms with Crippen molar-refractivity contribution in [1.29, 1.82) is 0 Å². The summed E-state index contributed by atoms with van der Waals surface area (Å²) in [6.45, 7) is 16.6. The van der Waals surface area contributed by atoms with Crippen LogP contribution in [0.4, 0.5) is 0 Å². The van der Waals surface area contributed by atoms with Crippen LogP contribution in [0.3, 0.4) is 0 Å². The minimum Gasteiger partial charge on any atom is -0.399 e. The molecule has 2 fully saturated rings. The fourth-order valence-electron chi connectivity index (χ4n) is 4.59. The second kappa shape index (κ2) is 10.5. The lowest BCUT2D eigenvalue weighted by Crippen LogP contribution is -2.41. The molecule has 0 spiro atoms. The van der Waals surface area contributed by atoms with Crippen LogP contribution in [-0.4, -0.2) is 36.6 Å². The molecule has 0 aromatic heterocycles. The van der Waals surface area contributed by atoms with Gasteiger partial charge in [0.2, 0.25) is 0 Å². The summed E-state index contributed by atoms with van der Waals surface area (Å²) in [4.78, 5) is 0. The molecule has 40 heavy (non-hydrogen) atoms. The molecule has 2 aliphatic rings. The minimum atomic E-state index is -0.336. The highest BCUT2D eigenvalue weighted by Crippen LogP contribution is 2.37. The van der Waals surface area contributed by atoms with Gasteiger partial charge >= 0.3 is 14.2 Å². The van der Waals surface area contributed by atoms with E-state index in [0.717, 1.165) is 33.2 Å². The number of hydrogen-bond donors (Lipinski definition) is 0. The van der Waals surface area contributed by atoms with E-state index in [9.17, 15) is 0 Å². The molecule has 2 heterocycles. The monoisotopic (exact) mass is 534 g/mol. The smallest absolute Gasteiger partial charge is 0.399 e. The second-order valence-corrected chi connectivity index (χ2v) is 12.8. The van der Waals surface area contributed by atoms with Crippen LogP contribution < -0.4 is 10.9 Å². The summed E-state index contributed by atoms with van der Waals surface area (Å²) in [6, 6.07) is 25.3. The molecule has 6 heteroatoms. The van der Waals surface area contributed by atoms with E-state index in [2.05, 4.69) is 152 Å². The largest absolute Gasteiger partial charge is 0.494 e. The van der Waals surface area contributed by atoms with Gasteiger partial charge in [0.1, 0.15) is 0 Å². The lowest BCUT2D eigenvalue weighted by atomic mass is 9.79. The summed E-state index contributed by atoms with van der Waals surface area (Å²) in [6.07, 6.45) is 8.51. The third kappa shape index (κ3) is 5.91. The molecule has 4 nitrogen and oxygen atoms in total. The van der Waals surface area contributed by atoms with E-state index in [1.165, 1.54) is 0 Å². The SMILES string of the molecule is CC1(C)OB(c2ccc(/C=C/c3ccc(/C=C/c4ccc(B5OC(C)(C)C(C)(C)O5)cc4)cc3)cc2)OC1(C)C.